The van der Waals surface area contributed by atoms with E-state index in [1.807, 2.05) is 24.3 Å². The number of nitrogens with one attached hydrogen (secondary N) is 1. The van der Waals surface area contributed by atoms with Crippen LogP contribution in [0.2, 0.25) is 0 Å². The molecule has 2 fully saturated rings. The van der Waals surface area contributed by atoms with Gasteiger partial charge in [0, 0.05) is 69.4 Å². The number of carbonyl (C=O) groups excluding carboxylic acids is 3. The molecule has 0 aliphatic carbocycles. The van der Waals surface area contributed by atoms with Crippen LogP contribution in [-0.4, -0.2) is 72.8 Å². The maximum atomic E-state index is 12.3. The molecule has 1 aromatic rings. The smallest absolute Gasteiger partial charge is 0.251 e. The van der Waals surface area contributed by atoms with Gasteiger partial charge in [0.05, 0.1) is 0 Å². The molecule has 152 valence electrons. The van der Waals surface area contributed by atoms with Crippen molar-refractivity contribution in [3.8, 4) is 0 Å². The number of amides is 3. The third kappa shape index (κ3) is 4.90. The number of hydrogen-bond donors (Lipinski definition) is 1. The summed E-state index contributed by atoms with van der Waals surface area (Å²) in [6.45, 7) is 9.38. The van der Waals surface area contributed by atoms with Crippen LogP contribution in [0.4, 0.5) is 5.69 Å². The normalized spacial score (nSPS) is 18.2. The molecule has 0 spiro atoms. The van der Waals surface area contributed by atoms with Gasteiger partial charge in [-0.2, -0.15) is 0 Å². The van der Waals surface area contributed by atoms with Gasteiger partial charge < -0.3 is 10.2 Å². The second-order valence-electron chi connectivity index (χ2n) is 7.71. The predicted octanol–water partition coefficient (Wildman–Crippen LogP) is 1.49. The quantitative estimate of drug-likeness (QED) is 0.568. The van der Waals surface area contributed by atoms with E-state index < -0.39 is 0 Å². The highest BCUT2D eigenvalue weighted by Gasteiger charge is 2.28. The van der Waals surface area contributed by atoms with Gasteiger partial charge in [-0.15, -0.1) is 0 Å². The average molecular weight is 386 g/mol. The molecule has 0 aromatic heterocycles. The molecule has 0 unspecified atom stereocenters. The minimum Gasteiger partial charge on any atom is -0.369 e. The summed E-state index contributed by atoms with van der Waals surface area (Å²) in [5.74, 6) is -0.350. The Balaban J connectivity index is 1.42. The Morgan fingerprint density at radius 1 is 1.00 bits per heavy atom. The number of nitrogens with zero attached hydrogens (tertiary/aromatic N) is 3. The van der Waals surface area contributed by atoms with E-state index in [0.717, 1.165) is 31.9 Å². The fourth-order valence-electron chi connectivity index (χ4n) is 3.73. The van der Waals surface area contributed by atoms with Crippen molar-refractivity contribution in [2.75, 3.05) is 44.2 Å². The molecular formula is C21H30N4O3. The molecule has 0 radical (unpaired) electrons. The van der Waals surface area contributed by atoms with Crippen molar-refractivity contribution in [3.63, 3.8) is 0 Å². The van der Waals surface area contributed by atoms with Gasteiger partial charge in [0.1, 0.15) is 0 Å². The molecule has 0 bridgehead atoms. The van der Waals surface area contributed by atoms with E-state index in [4.69, 9.17) is 0 Å². The topological polar surface area (TPSA) is 73.0 Å². The molecule has 1 aromatic carbocycles. The van der Waals surface area contributed by atoms with Crippen LogP contribution in [0.25, 0.3) is 0 Å². The summed E-state index contributed by atoms with van der Waals surface area (Å²) in [6, 6.07) is 8.29. The number of likely N-dealkylation sites (tertiary alicyclic amines) is 1. The molecule has 2 aliphatic rings. The monoisotopic (exact) mass is 386 g/mol. The van der Waals surface area contributed by atoms with Crippen molar-refractivity contribution < 1.29 is 14.4 Å². The average Bonchev–Trinajstić information content (AvgIpc) is 3.03. The van der Waals surface area contributed by atoms with Gasteiger partial charge in [-0.25, -0.2) is 0 Å². The Labute approximate surface area is 166 Å². The van der Waals surface area contributed by atoms with Gasteiger partial charge in [0.2, 0.25) is 11.8 Å². The van der Waals surface area contributed by atoms with E-state index in [1.54, 1.807) is 0 Å². The summed E-state index contributed by atoms with van der Waals surface area (Å²) >= 11 is 0. The van der Waals surface area contributed by atoms with Gasteiger partial charge in [-0.1, -0.05) is 0 Å². The summed E-state index contributed by atoms with van der Waals surface area (Å²) in [6.07, 6.45) is 1.19. The first-order chi connectivity index (χ1) is 13.5. The fourth-order valence-corrected chi connectivity index (χ4v) is 3.73. The number of benzene rings is 1. The summed E-state index contributed by atoms with van der Waals surface area (Å²) in [7, 11) is 0. The van der Waals surface area contributed by atoms with Crippen molar-refractivity contribution in [2.24, 2.45) is 0 Å². The first-order valence-electron chi connectivity index (χ1n) is 10.2. The second kappa shape index (κ2) is 9.19. The Hall–Kier alpha value is -2.41. The molecular weight excluding hydrogens is 356 g/mol. The number of carbonyl (C=O) groups is 3. The first kappa shape index (κ1) is 20.3. The number of piperazine rings is 1. The molecule has 2 saturated heterocycles. The van der Waals surface area contributed by atoms with Crippen LogP contribution in [0.3, 0.4) is 0 Å². The highest BCUT2D eigenvalue weighted by Crippen LogP contribution is 2.18. The largest absolute Gasteiger partial charge is 0.369 e. The molecule has 2 heterocycles. The first-order valence-corrected chi connectivity index (χ1v) is 10.2. The Bertz CT molecular complexity index is 693. The Kier molecular flexibility index (Phi) is 6.67. The van der Waals surface area contributed by atoms with Crippen LogP contribution >= 0.6 is 0 Å². The minimum absolute atomic E-state index is 0.110. The minimum atomic E-state index is -0.129. The maximum Gasteiger partial charge on any atom is 0.251 e. The predicted molar refractivity (Wildman–Crippen MR) is 108 cm³/mol. The zero-order chi connectivity index (χ0) is 20.1. The lowest BCUT2D eigenvalue weighted by atomic mass is 10.1. The van der Waals surface area contributed by atoms with Crippen molar-refractivity contribution in [1.29, 1.82) is 0 Å². The SMILES string of the molecule is CC(C)N1CCN(c2ccc(C(=O)NCCCN3C(=O)CCC3=O)cc2)CC1. The number of hydrogen-bond acceptors (Lipinski definition) is 5. The lowest BCUT2D eigenvalue weighted by Gasteiger charge is -2.38. The molecule has 7 heteroatoms. The van der Waals surface area contributed by atoms with Crippen LogP contribution < -0.4 is 10.2 Å². The molecule has 0 saturated carbocycles. The maximum absolute atomic E-state index is 12.3. The zero-order valence-corrected chi connectivity index (χ0v) is 16.8. The van der Waals surface area contributed by atoms with Crippen molar-refractivity contribution >= 4 is 23.4 Å². The van der Waals surface area contributed by atoms with Crippen molar-refractivity contribution in [1.82, 2.24) is 15.1 Å². The van der Waals surface area contributed by atoms with Gasteiger partial charge in [0.15, 0.2) is 0 Å². The lowest BCUT2D eigenvalue weighted by Crippen LogP contribution is -2.48. The molecule has 3 amide bonds. The van der Waals surface area contributed by atoms with E-state index in [-0.39, 0.29) is 17.7 Å². The summed E-state index contributed by atoms with van der Waals surface area (Å²) < 4.78 is 0. The van der Waals surface area contributed by atoms with E-state index in [1.165, 1.54) is 4.90 Å². The molecule has 0 atom stereocenters. The van der Waals surface area contributed by atoms with Gasteiger partial charge in [0.25, 0.3) is 5.91 Å². The van der Waals surface area contributed by atoms with Crippen LogP contribution in [-0.2, 0) is 9.59 Å². The highest BCUT2D eigenvalue weighted by molar-refractivity contribution is 6.01. The standard InChI is InChI=1S/C21H30N4O3/c1-16(2)23-12-14-24(15-13-23)18-6-4-17(5-7-18)21(28)22-10-3-11-25-19(26)8-9-20(25)27/h4-7,16H,3,8-15H2,1-2H3,(H,22,28). The third-order valence-corrected chi connectivity index (χ3v) is 5.54. The Morgan fingerprint density at radius 2 is 1.61 bits per heavy atom. The van der Waals surface area contributed by atoms with Gasteiger partial charge >= 0.3 is 0 Å². The molecule has 2 aliphatic heterocycles. The molecule has 7 nitrogen and oxygen atoms in total. The van der Waals surface area contributed by atoms with Crippen LogP contribution in [0.5, 0.6) is 0 Å². The fraction of sp³-hybridized carbons (Fsp3) is 0.571. The van der Waals surface area contributed by atoms with Gasteiger partial charge in [-0.05, 0) is 44.5 Å². The zero-order valence-electron chi connectivity index (χ0n) is 16.8. The number of rotatable bonds is 7. The van der Waals surface area contributed by atoms with Crippen LogP contribution in [0.1, 0.15) is 43.5 Å². The molecule has 3 rings (SSSR count). The second-order valence-corrected chi connectivity index (χ2v) is 7.71. The van der Waals surface area contributed by atoms with Crippen LogP contribution in [0, 0.1) is 0 Å². The van der Waals surface area contributed by atoms with Crippen molar-refractivity contribution in [3.05, 3.63) is 29.8 Å². The van der Waals surface area contributed by atoms with E-state index in [2.05, 4.69) is 29.0 Å². The van der Waals surface area contributed by atoms with E-state index >= 15 is 0 Å². The lowest BCUT2D eigenvalue weighted by molar-refractivity contribution is -0.138. The molecule has 28 heavy (non-hydrogen) atoms. The van der Waals surface area contributed by atoms with Crippen LogP contribution in [0.15, 0.2) is 24.3 Å². The van der Waals surface area contributed by atoms with E-state index in [0.29, 0.717) is 44.0 Å². The third-order valence-electron chi connectivity index (χ3n) is 5.54. The highest BCUT2D eigenvalue weighted by atomic mass is 16.2. The summed E-state index contributed by atoms with van der Waals surface area (Å²) in [5.41, 5.74) is 1.77. The number of imide groups is 1. The van der Waals surface area contributed by atoms with E-state index in [9.17, 15) is 14.4 Å². The van der Waals surface area contributed by atoms with Gasteiger partial charge in [-0.3, -0.25) is 24.2 Å². The number of anilines is 1. The Morgan fingerprint density at radius 3 is 2.18 bits per heavy atom. The molecule has 1 N–H and O–H groups in total. The summed E-state index contributed by atoms with van der Waals surface area (Å²) in [4.78, 5) is 41.5. The summed E-state index contributed by atoms with van der Waals surface area (Å²) in [5, 5.41) is 2.86. The van der Waals surface area contributed by atoms with Crippen molar-refractivity contribution in [2.45, 2.75) is 39.2 Å².